The first kappa shape index (κ1) is 26.5. The van der Waals surface area contributed by atoms with E-state index in [1.54, 1.807) is 18.3 Å². The summed E-state index contributed by atoms with van der Waals surface area (Å²) < 4.78 is 39.0. The average molecular weight is 548 g/mol. The first-order valence-electron chi connectivity index (χ1n) is 12.4. The van der Waals surface area contributed by atoms with Crippen molar-refractivity contribution in [2.24, 2.45) is 5.92 Å². The van der Waals surface area contributed by atoms with E-state index in [2.05, 4.69) is 25.6 Å². The molecular formula is C26H28F3N5O3S. The lowest BCUT2D eigenvalue weighted by Gasteiger charge is -2.37. The number of carbonyl (C=O) groups is 1. The fourth-order valence-corrected chi connectivity index (χ4v) is 5.95. The second-order valence-corrected chi connectivity index (χ2v) is 11.2. The maximum Gasteiger partial charge on any atom is 0.433 e. The highest BCUT2D eigenvalue weighted by molar-refractivity contribution is 7.15. The van der Waals surface area contributed by atoms with Gasteiger partial charge in [-0.3, -0.25) is 4.79 Å². The number of hydrogen-bond donors (Lipinski definition) is 4. The third-order valence-corrected chi connectivity index (χ3v) is 8.35. The number of thiazole rings is 1. The fourth-order valence-electron chi connectivity index (χ4n) is 4.90. The Kier molecular flexibility index (Phi) is 7.14. The van der Waals surface area contributed by atoms with Crippen LogP contribution in [0.5, 0.6) is 0 Å². The molecule has 1 amide bonds. The summed E-state index contributed by atoms with van der Waals surface area (Å²) in [6.07, 6.45) is 0.995. The Bertz CT molecular complexity index is 1320. The summed E-state index contributed by atoms with van der Waals surface area (Å²) in [7, 11) is 0. The van der Waals surface area contributed by atoms with Crippen LogP contribution in [0.4, 0.5) is 24.8 Å². The van der Waals surface area contributed by atoms with Crippen LogP contribution in [-0.4, -0.2) is 43.2 Å². The van der Waals surface area contributed by atoms with Gasteiger partial charge in [-0.05, 0) is 74.8 Å². The third-order valence-electron chi connectivity index (χ3n) is 7.11. The second-order valence-electron chi connectivity index (χ2n) is 10.1. The highest BCUT2D eigenvalue weighted by Crippen LogP contribution is 2.42. The monoisotopic (exact) mass is 547 g/mol. The molecule has 0 atom stereocenters. The van der Waals surface area contributed by atoms with Crippen molar-refractivity contribution in [1.29, 1.82) is 0 Å². The van der Waals surface area contributed by atoms with E-state index in [1.807, 2.05) is 13.0 Å². The number of nitrogens with zero attached hydrogens (tertiary/aromatic N) is 3. The molecule has 2 aliphatic rings. The molecule has 1 aromatic carbocycles. The smallest absolute Gasteiger partial charge is 0.393 e. The van der Waals surface area contributed by atoms with Crippen molar-refractivity contribution in [3.05, 3.63) is 52.9 Å². The highest BCUT2D eigenvalue weighted by atomic mass is 32.1. The lowest BCUT2D eigenvalue weighted by Crippen LogP contribution is -2.47. The predicted octanol–water partition coefficient (Wildman–Crippen LogP) is 4.69. The van der Waals surface area contributed by atoms with Crippen LogP contribution in [0.15, 0.2) is 36.7 Å². The van der Waals surface area contributed by atoms with Crippen molar-refractivity contribution in [2.45, 2.75) is 69.4 Å². The second kappa shape index (κ2) is 10.2. The number of aliphatic hydroxyl groups excluding tert-OH is 1. The van der Waals surface area contributed by atoms with Gasteiger partial charge in [0.05, 0.1) is 11.0 Å². The molecule has 0 unspecified atom stereocenters. The van der Waals surface area contributed by atoms with E-state index in [1.165, 1.54) is 11.3 Å². The minimum atomic E-state index is -4.57. The van der Waals surface area contributed by atoms with Gasteiger partial charge < -0.3 is 20.8 Å². The summed E-state index contributed by atoms with van der Waals surface area (Å²) in [4.78, 5) is 25.1. The number of halogens is 3. The van der Waals surface area contributed by atoms with E-state index >= 15 is 0 Å². The number of anilines is 2. The van der Waals surface area contributed by atoms with Gasteiger partial charge >= 0.3 is 6.18 Å². The number of rotatable bonds is 6. The molecule has 2 fully saturated rings. The molecule has 3 aromatic rings. The Morgan fingerprint density at radius 2 is 1.89 bits per heavy atom. The molecule has 38 heavy (non-hydrogen) atoms. The molecule has 202 valence electrons. The molecule has 0 radical (unpaired) electrons. The van der Waals surface area contributed by atoms with Crippen LogP contribution in [0.25, 0.3) is 10.4 Å². The van der Waals surface area contributed by atoms with Gasteiger partial charge in [-0.25, -0.2) is 15.0 Å². The quantitative estimate of drug-likeness (QED) is 0.354. The fraction of sp³-hybridized carbons (Fsp3) is 0.462. The van der Waals surface area contributed by atoms with Crippen molar-refractivity contribution >= 4 is 28.9 Å². The van der Waals surface area contributed by atoms with Gasteiger partial charge in [0.1, 0.15) is 16.3 Å². The molecule has 2 saturated carbocycles. The van der Waals surface area contributed by atoms with Crippen LogP contribution in [-0.2, 0) is 16.6 Å². The van der Waals surface area contributed by atoms with Gasteiger partial charge in [0.25, 0.3) is 0 Å². The Balaban J connectivity index is 1.26. The molecule has 12 heteroatoms. The maximum atomic E-state index is 13.0. The summed E-state index contributed by atoms with van der Waals surface area (Å²) in [5, 5.41) is 27.2. The predicted molar refractivity (Wildman–Crippen MR) is 136 cm³/mol. The van der Waals surface area contributed by atoms with E-state index in [4.69, 9.17) is 0 Å². The summed E-state index contributed by atoms with van der Waals surface area (Å²) in [5.74, 6) is -0.309. The lowest BCUT2D eigenvalue weighted by atomic mass is 9.80. The molecule has 0 saturated heterocycles. The molecular weight excluding hydrogens is 519 g/mol. The minimum absolute atomic E-state index is 0.0107. The number of aromatic nitrogens is 3. The highest BCUT2D eigenvalue weighted by Gasteiger charge is 2.39. The van der Waals surface area contributed by atoms with Crippen molar-refractivity contribution in [3.63, 3.8) is 0 Å². The van der Waals surface area contributed by atoms with Gasteiger partial charge in [-0.15, -0.1) is 11.3 Å². The molecule has 2 aromatic heterocycles. The molecule has 4 N–H and O–H groups in total. The zero-order valence-electron chi connectivity index (χ0n) is 20.6. The van der Waals surface area contributed by atoms with E-state index in [0.29, 0.717) is 49.2 Å². The van der Waals surface area contributed by atoms with E-state index in [-0.39, 0.29) is 29.9 Å². The molecule has 0 spiro atoms. The lowest BCUT2D eigenvalue weighted by molar-refractivity contribution is -0.141. The standard InChI is InChI=1S/C26H28F3N5O3S/c1-14-8-15(10-18(9-14)33-24-30-7-4-21(34-24)26(27,28)29)20-13-31-23(38-20)25(37)5-2-17(3-6-25)32-22(36)16-11-19(35)12-16/h4,7-10,13,16-17,19,35,37H,2-3,5-6,11-12H2,1H3,(H,32,36)(H,30,33,34). The molecule has 0 bridgehead atoms. The summed E-state index contributed by atoms with van der Waals surface area (Å²) in [6, 6.07) is 6.30. The topological polar surface area (TPSA) is 120 Å². The number of aryl methyl sites for hydroxylation is 1. The zero-order valence-corrected chi connectivity index (χ0v) is 21.4. The molecule has 2 heterocycles. The maximum absolute atomic E-state index is 13.0. The third kappa shape index (κ3) is 5.82. The van der Waals surface area contributed by atoms with Crippen molar-refractivity contribution in [1.82, 2.24) is 20.3 Å². The normalized spacial score (nSPS) is 25.5. The number of benzene rings is 1. The van der Waals surface area contributed by atoms with Crippen molar-refractivity contribution in [2.75, 3.05) is 5.32 Å². The van der Waals surface area contributed by atoms with Crippen molar-refractivity contribution in [3.8, 4) is 10.4 Å². The number of alkyl halides is 3. The summed E-state index contributed by atoms with van der Waals surface area (Å²) >= 11 is 1.37. The van der Waals surface area contributed by atoms with Crippen LogP contribution >= 0.6 is 11.3 Å². The number of hydrogen-bond acceptors (Lipinski definition) is 8. The number of amides is 1. The minimum Gasteiger partial charge on any atom is -0.393 e. The molecule has 0 aliphatic heterocycles. The van der Waals surface area contributed by atoms with Gasteiger partial charge in [0.15, 0.2) is 0 Å². The first-order chi connectivity index (χ1) is 18.0. The van der Waals surface area contributed by atoms with Crippen molar-refractivity contribution < 1.29 is 28.2 Å². The number of aliphatic hydroxyl groups is 2. The van der Waals surface area contributed by atoms with Crippen LogP contribution < -0.4 is 10.6 Å². The SMILES string of the molecule is Cc1cc(Nc2nccc(C(F)(F)F)n2)cc(-c2cnc(C3(O)CCC(NC(=O)C4CC(O)C4)CC3)s2)c1. The number of nitrogens with one attached hydrogen (secondary N) is 2. The van der Waals surface area contributed by atoms with Gasteiger partial charge in [0.2, 0.25) is 11.9 Å². The van der Waals surface area contributed by atoms with Gasteiger partial charge in [-0.2, -0.15) is 13.2 Å². The van der Waals surface area contributed by atoms with E-state index < -0.39 is 17.5 Å². The Labute approximate surface area is 221 Å². The van der Waals surface area contributed by atoms with Crippen LogP contribution in [0.3, 0.4) is 0 Å². The van der Waals surface area contributed by atoms with Crippen LogP contribution in [0.2, 0.25) is 0 Å². The molecule has 8 nitrogen and oxygen atoms in total. The summed E-state index contributed by atoms with van der Waals surface area (Å²) in [6.45, 7) is 1.87. The zero-order chi connectivity index (χ0) is 27.1. The number of carbonyl (C=O) groups excluding carboxylic acids is 1. The first-order valence-corrected chi connectivity index (χ1v) is 13.3. The van der Waals surface area contributed by atoms with Gasteiger partial charge in [-0.1, -0.05) is 6.07 Å². The largest absolute Gasteiger partial charge is 0.433 e. The molecule has 2 aliphatic carbocycles. The summed E-state index contributed by atoms with van der Waals surface area (Å²) in [5.41, 5.74) is 0.0898. The average Bonchev–Trinajstić information content (AvgIpc) is 3.34. The van der Waals surface area contributed by atoms with E-state index in [9.17, 15) is 28.2 Å². The Morgan fingerprint density at radius 1 is 1.16 bits per heavy atom. The Hall–Kier alpha value is -3.09. The van der Waals surface area contributed by atoms with Crippen LogP contribution in [0.1, 0.15) is 54.8 Å². The van der Waals surface area contributed by atoms with Crippen LogP contribution in [0, 0.1) is 12.8 Å². The molecule has 5 rings (SSSR count). The Morgan fingerprint density at radius 3 is 2.58 bits per heavy atom. The van der Waals surface area contributed by atoms with E-state index in [0.717, 1.165) is 28.3 Å². The van der Waals surface area contributed by atoms with Gasteiger partial charge in [0, 0.05) is 30.0 Å².